The summed E-state index contributed by atoms with van der Waals surface area (Å²) in [4.78, 5) is 8.07. The zero-order valence-electron chi connectivity index (χ0n) is 21.6. The van der Waals surface area contributed by atoms with Crippen LogP contribution in [0.2, 0.25) is 0 Å². The van der Waals surface area contributed by atoms with Crippen LogP contribution in [0.4, 0.5) is 27.6 Å². The minimum absolute atomic E-state index is 0.155. The van der Waals surface area contributed by atoms with E-state index in [9.17, 15) is 26.0 Å². The number of rotatable bonds is 9. The molecule has 2 aromatic rings. The molecule has 0 radical (unpaired) electrons. The maximum absolute atomic E-state index is 15.1. The molecule has 3 atom stereocenters. The Bertz CT molecular complexity index is 1360. The molecule has 212 valence electrons. The van der Waals surface area contributed by atoms with Crippen molar-refractivity contribution in [2.75, 3.05) is 19.4 Å². The molecule has 39 heavy (non-hydrogen) atoms. The van der Waals surface area contributed by atoms with Gasteiger partial charge in [0.1, 0.15) is 28.7 Å². The smallest absolute Gasteiger partial charge is 0.378 e. The quantitative estimate of drug-likeness (QED) is 0.236. The van der Waals surface area contributed by atoms with Crippen molar-refractivity contribution in [1.29, 1.82) is 0 Å². The molecule has 2 aromatic carbocycles. The van der Waals surface area contributed by atoms with Crippen LogP contribution in [0.25, 0.3) is 0 Å². The van der Waals surface area contributed by atoms with Gasteiger partial charge in [-0.15, -0.1) is 0 Å². The normalized spacial score (nSPS) is 20.8. The van der Waals surface area contributed by atoms with Crippen molar-refractivity contribution in [3.05, 3.63) is 71.1 Å². The Morgan fingerprint density at radius 3 is 2.46 bits per heavy atom. The zero-order chi connectivity index (χ0) is 29.0. The molecule has 3 rings (SSSR count). The number of aliphatic imine (C=N–C) groups is 2. The molecule has 0 amide bonds. The molecule has 1 aliphatic carbocycles. The number of benzene rings is 2. The summed E-state index contributed by atoms with van der Waals surface area (Å²) in [6.45, 7) is 4.68. The number of likely N-dealkylation sites (N-methyl/N-ethyl adjacent to an activating group) is 1. The van der Waals surface area contributed by atoms with Crippen LogP contribution < -0.4 is 10.0 Å². The second-order valence-corrected chi connectivity index (χ2v) is 11.0. The summed E-state index contributed by atoms with van der Waals surface area (Å²) >= 11 is 0. The number of halogens is 5. The zero-order valence-corrected chi connectivity index (χ0v) is 22.5. The summed E-state index contributed by atoms with van der Waals surface area (Å²) < 4.78 is 97.0. The van der Waals surface area contributed by atoms with Gasteiger partial charge in [0.15, 0.2) is 0 Å². The SMILES string of the molecule is C=NC=N/C(=C\C)NS(=O)(=O)c1cc(F)c(N[C@H]2CC[C@H](c3cccc(C(F)(F)F)c3)C[C@@H]2N(C)C)cc1F. The lowest BCUT2D eigenvalue weighted by atomic mass is 9.78. The fourth-order valence-electron chi connectivity index (χ4n) is 4.66. The first-order valence-electron chi connectivity index (χ1n) is 12.0. The predicted molar refractivity (Wildman–Crippen MR) is 141 cm³/mol. The fourth-order valence-corrected chi connectivity index (χ4v) is 5.79. The largest absolute Gasteiger partial charge is 0.416 e. The third-order valence-electron chi connectivity index (χ3n) is 6.61. The number of nitrogens with one attached hydrogen (secondary N) is 2. The highest BCUT2D eigenvalue weighted by molar-refractivity contribution is 7.89. The number of allylic oxidation sites excluding steroid dienone is 1. The van der Waals surface area contributed by atoms with Crippen LogP contribution in [-0.4, -0.2) is 52.6 Å². The van der Waals surface area contributed by atoms with Gasteiger partial charge in [0, 0.05) is 18.2 Å². The molecule has 0 spiro atoms. The Hall–Kier alpha value is -3.32. The molecule has 0 heterocycles. The number of hydrogen-bond acceptors (Lipinski definition) is 5. The molecule has 1 saturated carbocycles. The summed E-state index contributed by atoms with van der Waals surface area (Å²) in [6, 6.07) is 6.01. The van der Waals surface area contributed by atoms with Gasteiger partial charge in [-0.05, 0) is 76.7 Å². The lowest BCUT2D eigenvalue weighted by Gasteiger charge is -2.41. The van der Waals surface area contributed by atoms with E-state index in [4.69, 9.17) is 0 Å². The van der Waals surface area contributed by atoms with E-state index in [2.05, 4.69) is 26.7 Å². The van der Waals surface area contributed by atoms with Crippen molar-refractivity contribution < 1.29 is 30.4 Å². The third-order valence-corrected chi connectivity index (χ3v) is 7.98. The molecular formula is C26H30F5N5O2S. The van der Waals surface area contributed by atoms with Gasteiger partial charge in [0.25, 0.3) is 10.0 Å². The van der Waals surface area contributed by atoms with E-state index in [1.807, 2.05) is 4.90 Å². The predicted octanol–water partition coefficient (Wildman–Crippen LogP) is 5.53. The van der Waals surface area contributed by atoms with E-state index >= 15 is 4.39 Å². The number of anilines is 1. The van der Waals surface area contributed by atoms with Gasteiger partial charge in [0.05, 0.1) is 11.3 Å². The average Bonchev–Trinajstić information content (AvgIpc) is 2.88. The average molecular weight is 572 g/mol. The second kappa shape index (κ2) is 12.2. The number of hydrogen-bond donors (Lipinski definition) is 2. The van der Waals surface area contributed by atoms with Crippen molar-refractivity contribution in [3.63, 3.8) is 0 Å². The number of sulfonamides is 1. The molecule has 0 aliphatic heterocycles. The van der Waals surface area contributed by atoms with Gasteiger partial charge in [-0.1, -0.05) is 18.2 Å². The summed E-state index contributed by atoms with van der Waals surface area (Å²) in [7, 11) is -0.905. The molecule has 0 unspecified atom stereocenters. The van der Waals surface area contributed by atoms with Crippen LogP contribution in [0.3, 0.4) is 0 Å². The van der Waals surface area contributed by atoms with Crippen LogP contribution in [0.1, 0.15) is 43.2 Å². The van der Waals surface area contributed by atoms with E-state index in [0.717, 1.165) is 24.5 Å². The van der Waals surface area contributed by atoms with Crippen LogP contribution in [0, 0.1) is 11.6 Å². The molecule has 0 saturated heterocycles. The maximum Gasteiger partial charge on any atom is 0.416 e. The van der Waals surface area contributed by atoms with Crippen LogP contribution in [0.5, 0.6) is 0 Å². The van der Waals surface area contributed by atoms with Crippen molar-refractivity contribution in [1.82, 2.24) is 9.62 Å². The van der Waals surface area contributed by atoms with Crippen LogP contribution in [0.15, 0.2) is 63.2 Å². The van der Waals surface area contributed by atoms with Gasteiger partial charge < -0.3 is 10.2 Å². The Labute approximate surface area is 224 Å². The van der Waals surface area contributed by atoms with E-state index in [1.165, 1.54) is 19.1 Å². The fraction of sp³-hybridized carbons (Fsp3) is 0.385. The summed E-state index contributed by atoms with van der Waals surface area (Å²) in [6.07, 6.45) is -0.677. The van der Waals surface area contributed by atoms with Gasteiger partial charge in [-0.3, -0.25) is 9.71 Å². The Morgan fingerprint density at radius 1 is 1.13 bits per heavy atom. The second-order valence-electron chi connectivity index (χ2n) is 9.38. The standard InChI is InChI=1S/C26H30F5N5O2S/c1-5-25(33-15-32-2)35-39(37,38)24-14-19(27)22(13-20(24)28)34-21-10-9-17(12-23(21)36(3)4)16-7-6-8-18(11-16)26(29,30)31/h5-8,11,13-15,17,21,23,34-35H,2,9-10,12H2,1,3-4H3/b25-5+,33-15?/t17-,21-,23-/m0/s1. The molecule has 1 aliphatic rings. The Balaban J connectivity index is 1.81. The summed E-state index contributed by atoms with van der Waals surface area (Å²) in [5.74, 6) is -2.47. The van der Waals surface area contributed by atoms with E-state index < -0.39 is 38.3 Å². The highest BCUT2D eigenvalue weighted by atomic mass is 32.2. The van der Waals surface area contributed by atoms with Crippen molar-refractivity contribution in [3.8, 4) is 0 Å². The van der Waals surface area contributed by atoms with Gasteiger partial charge in [-0.25, -0.2) is 22.2 Å². The van der Waals surface area contributed by atoms with Crippen molar-refractivity contribution in [2.45, 2.75) is 55.3 Å². The summed E-state index contributed by atoms with van der Waals surface area (Å²) in [5, 5.41) is 2.98. The minimum Gasteiger partial charge on any atom is -0.378 e. The maximum atomic E-state index is 15.1. The van der Waals surface area contributed by atoms with Gasteiger partial charge in [0.2, 0.25) is 0 Å². The molecule has 13 heteroatoms. The first-order valence-corrected chi connectivity index (χ1v) is 13.5. The molecule has 7 nitrogen and oxygen atoms in total. The Morgan fingerprint density at radius 2 is 1.85 bits per heavy atom. The van der Waals surface area contributed by atoms with Crippen LogP contribution in [-0.2, 0) is 16.2 Å². The highest BCUT2D eigenvalue weighted by Crippen LogP contribution is 2.39. The van der Waals surface area contributed by atoms with E-state index in [-0.39, 0.29) is 29.5 Å². The number of nitrogens with zero attached hydrogens (tertiary/aromatic N) is 3. The van der Waals surface area contributed by atoms with Crippen LogP contribution >= 0.6 is 0 Å². The first kappa shape index (κ1) is 30.2. The molecular weight excluding hydrogens is 541 g/mol. The van der Waals surface area contributed by atoms with E-state index in [1.54, 1.807) is 20.2 Å². The lowest BCUT2D eigenvalue weighted by Crippen LogP contribution is -2.47. The lowest BCUT2D eigenvalue weighted by molar-refractivity contribution is -0.137. The molecule has 1 fully saturated rings. The molecule has 0 aromatic heterocycles. The Kier molecular flexibility index (Phi) is 9.49. The monoisotopic (exact) mass is 571 g/mol. The summed E-state index contributed by atoms with van der Waals surface area (Å²) in [5.41, 5.74) is -0.362. The minimum atomic E-state index is -4.51. The third kappa shape index (κ3) is 7.41. The highest BCUT2D eigenvalue weighted by Gasteiger charge is 2.35. The van der Waals surface area contributed by atoms with Gasteiger partial charge >= 0.3 is 6.18 Å². The van der Waals surface area contributed by atoms with Crippen molar-refractivity contribution >= 4 is 28.8 Å². The molecule has 0 bridgehead atoms. The van der Waals surface area contributed by atoms with E-state index in [0.29, 0.717) is 30.9 Å². The van der Waals surface area contributed by atoms with Crippen molar-refractivity contribution in [2.24, 2.45) is 9.98 Å². The molecule has 2 N–H and O–H groups in total. The number of alkyl halides is 3. The van der Waals surface area contributed by atoms with Gasteiger partial charge in [-0.2, -0.15) is 13.2 Å². The first-order chi connectivity index (χ1) is 18.3. The topological polar surface area (TPSA) is 86.2 Å².